The SMILES string of the molecule is O=C(CCCc1nc(-c2ccc(F)cc2)no1)Nc1cccc(Cl)c1. The van der Waals surface area contributed by atoms with Crippen LogP contribution in [0, 0.1) is 5.82 Å². The van der Waals surface area contributed by atoms with Crippen molar-refractivity contribution in [3.8, 4) is 11.4 Å². The van der Waals surface area contributed by atoms with E-state index >= 15 is 0 Å². The molecule has 0 saturated heterocycles. The number of amides is 1. The first-order chi connectivity index (χ1) is 12.1. The molecule has 3 rings (SSSR count). The molecule has 0 bridgehead atoms. The van der Waals surface area contributed by atoms with E-state index in [-0.39, 0.29) is 11.7 Å². The van der Waals surface area contributed by atoms with Crippen molar-refractivity contribution < 1.29 is 13.7 Å². The minimum Gasteiger partial charge on any atom is -0.339 e. The average Bonchev–Trinajstić information content (AvgIpc) is 3.04. The fraction of sp³-hybridized carbons (Fsp3) is 0.167. The minimum atomic E-state index is -0.321. The number of rotatable bonds is 6. The van der Waals surface area contributed by atoms with Crippen molar-refractivity contribution >= 4 is 23.2 Å². The van der Waals surface area contributed by atoms with Crippen molar-refractivity contribution in [3.63, 3.8) is 0 Å². The predicted molar refractivity (Wildman–Crippen MR) is 92.7 cm³/mol. The van der Waals surface area contributed by atoms with Crippen LogP contribution in [0.3, 0.4) is 0 Å². The quantitative estimate of drug-likeness (QED) is 0.704. The highest BCUT2D eigenvalue weighted by molar-refractivity contribution is 6.30. The van der Waals surface area contributed by atoms with Gasteiger partial charge in [-0.3, -0.25) is 4.79 Å². The van der Waals surface area contributed by atoms with Crippen molar-refractivity contribution in [1.82, 2.24) is 10.1 Å². The molecule has 3 aromatic rings. The average molecular weight is 360 g/mol. The number of aromatic nitrogens is 2. The van der Waals surface area contributed by atoms with E-state index in [2.05, 4.69) is 15.5 Å². The molecule has 128 valence electrons. The Kier molecular flexibility index (Phi) is 5.40. The molecule has 0 radical (unpaired) electrons. The van der Waals surface area contributed by atoms with Gasteiger partial charge in [-0.05, 0) is 48.9 Å². The molecule has 5 nitrogen and oxygen atoms in total. The first-order valence-electron chi connectivity index (χ1n) is 7.74. The summed E-state index contributed by atoms with van der Waals surface area (Å²) in [6.07, 6.45) is 1.37. The Balaban J connectivity index is 1.49. The third kappa shape index (κ3) is 4.87. The maximum absolute atomic E-state index is 12.9. The van der Waals surface area contributed by atoms with Crippen LogP contribution in [0.25, 0.3) is 11.4 Å². The van der Waals surface area contributed by atoms with Gasteiger partial charge in [-0.2, -0.15) is 4.98 Å². The van der Waals surface area contributed by atoms with Gasteiger partial charge in [0.2, 0.25) is 17.6 Å². The molecule has 7 heteroatoms. The van der Waals surface area contributed by atoms with Crippen molar-refractivity contribution in [2.45, 2.75) is 19.3 Å². The topological polar surface area (TPSA) is 68.0 Å². The summed E-state index contributed by atoms with van der Waals surface area (Å²) >= 11 is 5.87. The van der Waals surface area contributed by atoms with E-state index in [0.29, 0.717) is 47.3 Å². The number of aryl methyl sites for hydroxylation is 1. The van der Waals surface area contributed by atoms with E-state index in [1.165, 1.54) is 12.1 Å². The van der Waals surface area contributed by atoms with Crippen LogP contribution in [-0.2, 0) is 11.2 Å². The van der Waals surface area contributed by atoms with Gasteiger partial charge in [0, 0.05) is 29.1 Å². The van der Waals surface area contributed by atoms with Gasteiger partial charge in [-0.25, -0.2) is 4.39 Å². The second-order valence-corrected chi connectivity index (χ2v) is 5.87. The zero-order chi connectivity index (χ0) is 17.6. The maximum atomic E-state index is 12.9. The molecule has 1 aromatic heterocycles. The summed E-state index contributed by atoms with van der Waals surface area (Å²) in [5, 5.41) is 7.21. The lowest BCUT2D eigenvalue weighted by atomic mass is 10.2. The Bertz CT molecular complexity index is 865. The molecule has 0 unspecified atom stereocenters. The zero-order valence-electron chi connectivity index (χ0n) is 13.2. The van der Waals surface area contributed by atoms with Gasteiger partial charge in [0.05, 0.1) is 0 Å². The lowest BCUT2D eigenvalue weighted by Crippen LogP contribution is -2.11. The molecule has 0 aliphatic carbocycles. The summed E-state index contributed by atoms with van der Waals surface area (Å²) in [7, 11) is 0. The number of hydrogen-bond donors (Lipinski definition) is 1. The molecule has 1 amide bonds. The normalized spacial score (nSPS) is 10.6. The number of hydrogen-bond acceptors (Lipinski definition) is 4. The largest absolute Gasteiger partial charge is 0.339 e. The van der Waals surface area contributed by atoms with Crippen molar-refractivity contribution in [1.29, 1.82) is 0 Å². The molecule has 0 aliphatic heterocycles. The van der Waals surface area contributed by atoms with Gasteiger partial charge in [0.1, 0.15) is 5.82 Å². The van der Waals surface area contributed by atoms with Crippen LogP contribution in [0.5, 0.6) is 0 Å². The standard InChI is InChI=1S/C18H15ClFN3O2/c19-13-3-1-4-15(11-13)21-16(24)5-2-6-17-22-18(23-25-17)12-7-9-14(20)10-8-12/h1,3-4,7-11H,2,5-6H2,(H,21,24). The molecular weight excluding hydrogens is 345 g/mol. The lowest BCUT2D eigenvalue weighted by molar-refractivity contribution is -0.116. The molecule has 0 spiro atoms. The molecule has 0 saturated carbocycles. The molecule has 0 atom stereocenters. The number of halogens is 2. The van der Waals surface area contributed by atoms with Crippen LogP contribution < -0.4 is 5.32 Å². The van der Waals surface area contributed by atoms with Crippen LogP contribution in [0.2, 0.25) is 5.02 Å². The summed E-state index contributed by atoms with van der Waals surface area (Å²) in [5.74, 6) is 0.409. The predicted octanol–water partition coefficient (Wildman–Crippen LogP) is 4.49. The van der Waals surface area contributed by atoms with Gasteiger partial charge in [-0.15, -0.1) is 0 Å². The zero-order valence-corrected chi connectivity index (χ0v) is 14.0. The second-order valence-electron chi connectivity index (χ2n) is 5.43. The summed E-state index contributed by atoms with van der Waals surface area (Å²) in [6, 6.07) is 12.8. The second kappa shape index (κ2) is 7.90. The van der Waals surface area contributed by atoms with E-state index in [4.69, 9.17) is 16.1 Å². The molecule has 0 aliphatic rings. The van der Waals surface area contributed by atoms with Crippen molar-refractivity contribution in [2.75, 3.05) is 5.32 Å². The number of anilines is 1. The highest BCUT2D eigenvalue weighted by atomic mass is 35.5. The van der Waals surface area contributed by atoms with Gasteiger partial charge >= 0.3 is 0 Å². The Morgan fingerprint density at radius 3 is 2.76 bits per heavy atom. The minimum absolute atomic E-state index is 0.111. The molecule has 25 heavy (non-hydrogen) atoms. The Morgan fingerprint density at radius 1 is 1.20 bits per heavy atom. The molecule has 1 heterocycles. The number of carbonyl (C=O) groups is 1. The Labute approximate surface area is 148 Å². The van der Waals surface area contributed by atoms with Gasteiger partial charge in [-0.1, -0.05) is 22.8 Å². The van der Waals surface area contributed by atoms with Crippen LogP contribution in [0.15, 0.2) is 53.1 Å². The van der Waals surface area contributed by atoms with E-state index in [9.17, 15) is 9.18 Å². The number of carbonyl (C=O) groups excluding carboxylic acids is 1. The van der Waals surface area contributed by atoms with E-state index in [1.807, 2.05) is 0 Å². The first-order valence-corrected chi connectivity index (χ1v) is 8.12. The van der Waals surface area contributed by atoms with Crippen LogP contribution in [0.1, 0.15) is 18.7 Å². The molecule has 1 N–H and O–H groups in total. The van der Waals surface area contributed by atoms with Crippen molar-refractivity contribution in [2.24, 2.45) is 0 Å². The Morgan fingerprint density at radius 2 is 2.00 bits per heavy atom. The smallest absolute Gasteiger partial charge is 0.226 e. The molecule has 0 fully saturated rings. The fourth-order valence-corrected chi connectivity index (χ4v) is 2.45. The van der Waals surface area contributed by atoms with Crippen molar-refractivity contribution in [3.05, 3.63) is 65.3 Å². The van der Waals surface area contributed by atoms with Crippen LogP contribution in [-0.4, -0.2) is 16.0 Å². The highest BCUT2D eigenvalue weighted by Crippen LogP contribution is 2.18. The number of nitrogens with one attached hydrogen (secondary N) is 1. The van der Waals surface area contributed by atoms with Crippen LogP contribution >= 0.6 is 11.6 Å². The third-order valence-electron chi connectivity index (χ3n) is 3.47. The number of benzene rings is 2. The lowest BCUT2D eigenvalue weighted by Gasteiger charge is -2.04. The third-order valence-corrected chi connectivity index (χ3v) is 3.71. The fourth-order valence-electron chi connectivity index (χ4n) is 2.26. The Hall–Kier alpha value is -2.73. The highest BCUT2D eigenvalue weighted by Gasteiger charge is 2.10. The van der Waals surface area contributed by atoms with Gasteiger partial charge in [0.25, 0.3) is 0 Å². The van der Waals surface area contributed by atoms with Crippen LogP contribution in [0.4, 0.5) is 10.1 Å². The first kappa shape index (κ1) is 17.1. The van der Waals surface area contributed by atoms with Gasteiger partial charge in [0.15, 0.2) is 0 Å². The van der Waals surface area contributed by atoms with E-state index in [1.54, 1.807) is 36.4 Å². The maximum Gasteiger partial charge on any atom is 0.226 e. The van der Waals surface area contributed by atoms with Gasteiger partial charge < -0.3 is 9.84 Å². The monoisotopic (exact) mass is 359 g/mol. The summed E-state index contributed by atoms with van der Waals surface area (Å²) < 4.78 is 18.1. The molecular formula is C18H15ClFN3O2. The van der Waals surface area contributed by atoms with E-state index in [0.717, 1.165) is 0 Å². The summed E-state index contributed by atoms with van der Waals surface area (Å²) in [5.41, 5.74) is 1.34. The van der Waals surface area contributed by atoms with E-state index < -0.39 is 0 Å². The number of nitrogens with zero attached hydrogens (tertiary/aromatic N) is 2. The summed E-state index contributed by atoms with van der Waals surface area (Å²) in [6.45, 7) is 0. The molecule has 2 aromatic carbocycles. The summed E-state index contributed by atoms with van der Waals surface area (Å²) in [4.78, 5) is 16.2.